The maximum Gasteiger partial charge on any atom is 0.272 e. The first-order chi connectivity index (χ1) is 9.75. The summed E-state index contributed by atoms with van der Waals surface area (Å²) in [6.07, 6.45) is 3.03. The second-order valence-electron chi connectivity index (χ2n) is 4.57. The number of nitrogens with zero attached hydrogens (tertiary/aromatic N) is 5. The number of tetrazole rings is 1. The molecule has 0 saturated heterocycles. The number of carbonyl (C=O) groups excluding carboxylic acids is 1. The number of carbonyl (C=O) groups is 1. The summed E-state index contributed by atoms with van der Waals surface area (Å²) in [7, 11) is 1.79. The van der Waals surface area contributed by atoms with Gasteiger partial charge >= 0.3 is 0 Å². The molecule has 8 nitrogen and oxygen atoms in total. The lowest BCUT2D eigenvalue weighted by molar-refractivity contribution is 0.0950. The van der Waals surface area contributed by atoms with Gasteiger partial charge in [-0.25, -0.2) is 4.68 Å². The van der Waals surface area contributed by atoms with Gasteiger partial charge < -0.3 is 5.32 Å². The molecule has 1 aliphatic rings. The summed E-state index contributed by atoms with van der Waals surface area (Å²) in [5, 5.41) is 21.8. The molecular formula is C11H15N7OS. The van der Waals surface area contributed by atoms with Crippen molar-refractivity contribution >= 4 is 17.7 Å². The van der Waals surface area contributed by atoms with Crippen molar-refractivity contribution in [1.29, 1.82) is 0 Å². The van der Waals surface area contributed by atoms with Gasteiger partial charge in [-0.05, 0) is 29.7 Å². The summed E-state index contributed by atoms with van der Waals surface area (Å²) >= 11 is 1.50. The van der Waals surface area contributed by atoms with Crippen molar-refractivity contribution < 1.29 is 4.79 Å². The van der Waals surface area contributed by atoms with Crippen molar-refractivity contribution in [2.24, 2.45) is 7.05 Å². The van der Waals surface area contributed by atoms with E-state index >= 15 is 0 Å². The van der Waals surface area contributed by atoms with Gasteiger partial charge in [-0.2, -0.15) is 5.10 Å². The topological polar surface area (TPSA) is 101 Å². The maximum absolute atomic E-state index is 12.0. The molecule has 0 spiro atoms. The highest BCUT2D eigenvalue weighted by atomic mass is 32.2. The molecule has 0 radical (unpaired) electrons. The summed E-state index contributed by atoms with van der Waals surface area (Å²) in [6, 6.07) is 0. The summed E-state index contributed by atoms with van der Waals surface area (Å²) in [5.74, 6) is 0.605. The average molecular weight is 293 g/mol. The zero-order chi connectivity index (χ0) is 13.9. The molecule has 0 bridgehead atoms. The summed E-state index contributed by atoms with van der Waals surface area (Å²) < 4.78 is 1.60. The quantitative estimate of drug-likeness (QED) is 0.592. The largest absolute Gasteiger partial charge is 0.350 e. The molecule has 20 heavy (non-hydrogen) atoms. The number of aromatic nitrogens is 6. The fourth-order valence-corrected chi connectivity index (χ4v) is 2.95. The van der Waals surface area contributed by atoms with Crippen LogP contribution < -0.4 is 5.32 Å². The number of fused-ring (bicyclic) bond motifs is 1. The molecule has 2 aromatic rings. The van der Waals surface area contributed by atoms with Crippen LogP contribution in [0.2, 0.25) is 0 Å². The van der Waals surface area contributed by atoms with Crippen LogP contribution in [0.1, 0.15) is 28.2 Å². The van der Waals surface area contributed by atoms with E-state index in [1.165, 1.54) is 11.8 Å². The maximum atomic E-state index is 12.0. The molecule has 0 saturated carbocycles. The molecule has 1 amide bonds. The number of rotatable bonds is 5. The second-order valence-corrected chi connectivity index (χ2v) is 5.63. The van der Waals surface area contributed by atoms with Crippen molar-refractivity contribution in [3.05, 3.63) is 17.0 Å². The molecule has 1 aliphatic carbocycles. The van der Waals surface area contributed by atoms with Gasteiger partial charge in [0, 0.05) is 30.6 Å². The zero-order valence-electron chi connectivity index (χ0n) is 11.1. The molecule has 0 aromatic carbocycles. The molecule has 0 fully saturated rings. The molecule has 3 rings (SSSR count). The van der Waals surface area contributed by atoms with Crippen LogP contribution in [-0.2, 0) is 19.9 Å². The van der Waals surface area contributed by atoms with Crippen LogP contribution in [0.25, 0.3) is 0 Å². The highest BCUT2D eigenvalue weighted by Crippen LogP contribution is 2.22. The second kappa shape index (κ2) is 5.61. The number of amides is 1. The summed E-state index contributed by atoms with van der Waals surface area (Å²) in [4.78, 5) is 12.0. The third kappa shape index (κ3) is 2.53. The van der Waals surface area contributed by atoms with Crippen LogP contribution in [0, 0.1) is 0 Å². The number of nitrogens with one attached hydrogen (secondary N) is 2. The van der Waals surface area contributed by atoms with Gasteiger partial charge in [-0.3, -0.25) is 9.89 Å². The molecular weight excluding hydrogens is 278 g/mol. The van der Waals surface area contributed by atoms with Crippen LogP contribution in [0.5, 0.6) is 0 Å². The lowest BCUT2D eigenvalue weighted by Gasteiger charge is -2.03. The van der Waals surface area contributed by atoms with E-state index in [2.05, 4.69) is 31.0 Å². The predicted molar refractivity (Wildman–Crippen MR) is 72.5 cm³/mol. The fraction of sp³-hybridized carbons (Fsp3) is 0.545. The highest BCUT2D eigenvalue weighted by molar-refractivity contribution is 7.99. The van der Waals surface area contributed by atoms with Gasteiger partial charge in [-0.1, -0.05) is 11.8 Å². The highest BCUT2D eigenvalue weighted by Gasteiger charge is 2.22. The van der Waals surface area contributed by atoms with Crippen molar-refractivity contribution in [3.8, 4) is 0 Å². The third-order valence-electron chi connectivity index (χ3n) is 3.22. The fourth-order valence-electron chi connectivity index (χ4n) is 2.24. The Morgan fingerprint density at radius 3 is 3.20 bits per heavy atom. The van der Waals surface area contributed by atoms with E-state index in [0.29, 0.717) is 18.0 Å². The van der Waals surface area contributed by atoms with Gasteiger partial charge in [0.1, 0.15) is 0 Å². The number of H-pyrrole nitrogens is 1. The monoisotopic (exact) mass is 293 g/mol. The minimum absolute atomic E-state index is 0.110. The van der Waals surface area contributed by atoms with Gasteiger partial charge in [0.15, 0.2) is 5.69 Å². The van der Waals surface area contributed by atoms with E-state index in [-0.39, 0.29) is 5.91 Å². The molecule has 106 valence electrons. The van der Waals surface area contributed by atoms with Crippen LogP contribution in [0.15, 0.2) is 5.16 Å². The van der Waals surface area contributed by atoms with Crippen LogP contribution in [-0.4, -0.2) is 48.6 Å². The number of thioether (sulfide) groups is 1. The van der Waals surface area contributed by atoms with E-state index in [1.807, 2.05) is 0 Å². The van der Waals surface area contributed by atoms with Crippen molar-refractivity contribution in [1.82, 2.24) is 35.7 Å². The van der Waals surface area contributed by atoms with E-state index in [9.17, 15) is 4.79 Å². The number of hydrogen-bond donors (Lipinski definition) is 2. The van der Waals surface area contributed by atoms with E-state index < -0.39 is 0 Å². The minimum atomic E-state index is -0.110. The van der Waals surface area contributed by atoms with Gasteiger partial charge in [0.2, 0.25) is 5.16 Å². The standard InChI is InChI=1S/C11H15N7OS/c1-18-11(15-16-17-18)20-6-5-12-10(19)9-7-3-2-4-8(7)13-14-9/h2-6H2,1H3,(H,12,19)(H,13,14). The molecule has 0 atom stereocenters. The Hall–Kier alpha value is -1.90. The number of aryl methyl sites for hydroxylation is 2. The smallest absolute Gasteiger partial charge is 0.272 e. The van der Waals surface area contributed by atoms with Crippen LogP contribution >= 0.6 is 11.8 Å². The van der Waals surface area contributed by atoms with Crippen LogP contribution in [0.4, 0.5) is 0 Å². The molecule has 0 aliphatic heterocycles. The molecule has 9 heteroatoms. The Morgan fingerprint density at radius 2 is 2.40 bits per heavy atom. The average Bonchev–Trinajstić information content (AvgIpc) is 3.10. The summed E-state index contributed by atoms with van der Waals surface area (Å²) in [6.45, 7) is 0.554. The Balaban J connectivity index is 1.49. The van der Waals surface area contributed by atoms with Crippen molar-refractivity contribution in [2.45, 2.75) is 24.4 Å². The lowest BCUT2D eigenvalue weighted by Crippen LogP contribution is -2.27. The number of aromatic amines is 1. The summed E-state index contributed by atoms with van der Waals surface area (Å²) in [5.41, 5.74) is 2.73. The first kappa shape index (κ1) is 13.1. The van der Waals surface area contributed by atoms with Crippen molar-refractivity contribution in [2.75, 3.05) is 12.3 Å². The zero-order valence-corrected chi connectivity index (χ0v) is 11.9. The third-order valence-corrected chi connectivity index (χ3v) is 4.23. The predicted octanol–water partition coefficient (Wildman–Crippen LogP) is -0.0560. The lowest BCUT2D eigenvalue weighted by atomic mass is 10.2. The first-order valence-electron chi connectivity index (χ1n) is 6.45. The molecule has 2 heterocycles. The van der Waals surface area contributed by atoms with Crippen LogP contribution in [0.3, 0.4) is 0 Å². The normalized spacial score (nSPS) is 13.4. The van der Waals surface area contributed by atoms with Gasteiger partial charge in [0.05, 0.1) is 0 Å². The Labute approximate surface area is 119 Å². The first-order valence-corrected chi connectivity index (χ1v) is 7.43. The van der Waals surface area contributed by atoms with Crippen molar-refractivity contribution in [3.63, 3.8) is 0 Å². The molecule has 2 N–H and O–H groups in total. The van der Waals surface area contributed by atoms with Gasteiger partial charge in [0.25, 0.3) is 5.91 Å². The van der Waals surface area contributed by atoms with Gasteiger partial charge in [-0.15, -0.1) is 5.10 Å². The molecule has 2 aromatic heterocycles. The Kier molecular flexibility index (Phi) is 3.68. The number of hydrogen-bond acceptors (Lipinski definition) is 6. The molecule has 0 unspecified atom stereocenters. The SMILES string of the molecule is Cn1nnnc1SCCNC(=O)c1n[nH]c2c1CCC2. The van der Waals surface area contributed by atoms with E-state index in [0.717, 1.165) is 35.7 Å². The Morgan fingerprint density at radius 1 is 1.50 bits per heavy atom. The van der Waals surface area contributed by atoms with E-state index in [1.54, 1.807) is 11.7 Å². The Bertz CT molecular complexity index is 620. The van der Waals surface area contributed by atoms with E-state index in [4.69, 9.17) is 0 Å². The minimum Gasteiger partial charge on any atom is -0.350 e.